The van der Waals surface area contributed by atoms with Crippen molar-refractivity contribution < 1.29 is 0 Å². The van der Waals surface area contributed by atoms with Crippen LogP contribution in [0.4, 0.5) is 0 Å². The molecule has 4 heteroatoms. The van der Waals surface area contributed by atoms with Crippen molar-refractivity contribution in [1.29, 1.82) is 0 Å². The number of thioether (sulfide) groups is 1. The van der Waals surface area contributed by atoms with Crippen LogP contribution in [0.3, 0.4) is 0 Å². The van der Waals surface area contributed by atoms with Crippen molar-refractivity contribution in [3.05, 3.63) is 113 Å². The van der Waals surface area contributed by atoms with Gasteiger partial charge in [-0.05, 0) is 60.4 Å². The van der Waals surface area contributed by atoms with Gasteiger partial charge in [-0.25, -0.2) is 9.97 Å². The average Bonchev–Trinajstić information content (AvgIpc) is 3.58. The van der Waals surface area contributed by atoms with Gasteiger partial charge in [0, 0.05) is 38.3 Å². The van der Waals surface area contributed by atoms with Crippen molar-refractivity contribution in [3.63, 3.8) is 0 Å². The monoisotopic (exact) mass is 535 g/mol. The molecular formula is C36H29N3S. The summed E-state index contributed by atoms with van der Waals surface area (Å²) >= 11 is 2.03. The van der Waals surface area contributed by atoms with Crippen LogP contribution in [0.25, 0.3) is 45.3 Å². The number of aryl methyl sites for hydroxylation is 1. The third kappa shape index (κ3) is 3.20. The Kier molecular flexibility index (Phi) is 5.04. The Labute approximate surface area is 238 Å². The number of hydrogen-bond donors (Lipinski definition) is 0. The van der Waals surface area contributed by atoms with E-state index >= 15 is 0 Å². The first-order valence-electron chi connectivity index (χ1n) is 14.6. The van der Waals surface area contributed by atoms with Gasteiger partial charge in [-0.1, -0.05) is 91.1 Å². The maximum absolute atomic E-state index is 5.44. The van der Waals surface area contributed by atoms with Gasteiger partial charge in [0.1, 0.15) is 0 Å². The molecule has 194 valence electrons. The van der Waals surface area contributed by atoms with Gasteiger partial charge < -0.3 is 0 Å². The zero-order valence-corrected chi connectivity index (χ0v) is 23.1. The quantitative estimate of drug-likeness (QED) is 0.257. The molecule has 2 aromatic carbocycles. The molecule has 0 fully saturated rings. The second-order valence-corrected chi connectivity index (χ2v) is 12.5. The first-order valence-corrected chi connectivity index (χ1v) is 15.5. The molecule has 9 rings (SSSR count). The normalized spacial score (nSPS) is 21.9. The lowest BCUT2D eigenvalue weighted by molar-refractivity contribution is 0.809. The van der Waals surface area contributed by atoms with E-state index in [2.05, 4.69) is 95.7 Å². The minimum absolute atomic E-state index is 0.388. The molecular weight excluding hydrogens is 506 g/mol. The largest absolute Gasteiger partial charge is 0.280 e. The highest BCUT2D eigenvalue weighted by atomic mass is 32.2. The summed E-state index contributed by atoms with van der Waals surface area (Å²) in [7, 11) is 0. The summed E-state index contributed by atoms with van der Waals surface area (Å²) in [5.41, 5.74) is 10.3. The van der Waals surface area contributed by atoms with Crippen LogP contribution in [-0.2, 0) is 12.8 Å². The molecule has 5 aliphatic rings. The summed E-state index contributed by atoms with van der Waals surface area (Å²) in [5, 5.41) is 4.53. The molecule has 2 unspecified atom stereocenters. The molecule has 1 aliphatic heterocycles. The van der Waals surface area contributed by atoms with Crippen LogP contribution < -0.4 is 0 Å². The SMILES string of the molecule is C1=CCCC(c2nc(-n3c4c(c5c6ccccc6c6c(c53)SC3C=CC=CC63)C=CCC4)nc3c2C=CCC3)=C1. The number of allylic oxidation sites excluding steroid dienone is 9. The average molecular weight is 536 g/mol. The first-order chi connectivity index (χ1) is 19.9. The topological polar surface area (TPSA) is 30.7 Å². The molecule has 40 heavy (non-hydrogen) atoms. The summed E-state index contributed by atoms with van der Waals surface area (Å²) in [6, 6.07) is 9.06. The van der Waals surface area contributed by atoms with Crippen LogP contribution in [0.5, 0.6) is 0 Å². The van der Waals surface area contributed by atoms with Crippen LogP contribution in [0.1, 0.15) is 65.4 Å². The standard InChI is InChI=1S/C36H29N3S/c1-2-12-22(13-3-1)33-25-16-6-9-19-28(25)37-36(38-33)39-29-20-10-7-17-26(29)31-23-14-4-5-15-24(23)32-27-18-8-11-21-30(27)40-35(32)34(31)39/h1-2,4-8,11-12,14-18,21,27,30H,3,9-10,13,19-20H2. The van der Waals surface area contributed by atoms with Crippen molar-refractivity contribution in [2.45, 2.75) is 54.6 Å². The van der Waals surface area contributed by atoms with E-state index in [-0.39, 0.29) is 0 Å². The van der Waals surface area contributed by atoms with Crippen LogP contribution in [0.2, 0.25) is 0 Å². The van der Waals surface area contributed by atoms with E-state index in [9.17, 15) is 0 Å². The van der Waals surface area contributed by atoms with Gasteiger partial charge in [-0.15, -0.1) is 11.8 Å². The molecule has 3 nitrogen and oxygen atoms in total. The number of rotatable bonds is 2. The van der Waals surface area contributed by atoms with Crippen LogP contribution >= 0.6 is 11.8 Å². The Balaban J connectivity index is 1.42. The zero-order chi connectivity index (χ0) is 26.2. The third-order valence-corrected chi connectivity index (χ3v) is 10.5. The van der Waals surface area contributed by atoms with Gasteiger partial charge >= 0.3 is 0 Å². The highest BCUT2D eigenvalue weighted by Gasteiger charge is 2.37. The molecule has 0 saturated carbocycles. The molecule has 0 bridgehead atoms. The van der Waals surface area contributed by atoms with Crippen LogP contribution in [0.15, 0.2) is 83.8 Å². The van der Waals surface area contributed by atoms with Gasteiger partial charge in [0.25, 0.3) is 0 Å². The highest BCUT2D eigenvalue weighted by molar-refractivity contribution is 8.00. The van der Waals surface area contributed by atoms with Gasteiger partial charge in [0.05, 0.1) is 16.9 Å². The van der Waals surface area contributed by atoms with Crippen LogP contribution in [-0.4, -0.2) is 19.8 Å². The molecule has 2 aromatic heterocycles. The summed E-state index contributed by atoms with van der Waals surface area (Å²) in [6.45, 7) is 0. The molecule has 0 radical (unpaired) electrons. The second-order valence-electron chi connectivity index (χ2n) is 11.4. The minimum Gasteiger partial charge on any atom is -0.280 e. The molecule has 4 aliphatic carbocycles. The Morgan fingerprint density at radius 3 is 2.52 bits per heavy atom. The highest BCUT2D eigenvalue weighted by Crippen LogP contribution is 2.55. The lowest BCUT2D eigenvalue weighted by Crippen LogP contribution is -2.14. The van der Waals surface area contributed by atoms with Crippen molar-refractivity contribution in [1.82, 2.24) is 14.5 Å². The Morgan fingerprint density at radius 2 is 1.62 bits per heavy atom. The summed E-state index contributed by atoms with van der Waals surface area (Å²) in [5.74, 6) is 1.24. The van der Waals surface area contributed by atoms with E-state index in [0.29, 0.717) is 11.2 Å². The van der Waals surface area contributed by atoms with Crippen molar-refractivity contribution in [2.75, 3.05) is 0 Å². The number of hydrogen-bond acceptors (Lipinski definition) is 3. The van der Waals surface area contributed by atoms with Gasteiger partial charge in [-0.2, -0.15) is 0 Å². The number of fused-ring (bicyclic) bond motifs is 11. The Hall–Kier alpha value is -3.89. The fourth-order valence-corrected chi connectivity index (χ4v) is 8.85. The number of nitrogens with zero attached hydrogens (tertiary/aromatic N) is 3. The fourth-order valence-electron chi connectivity index (χ4n) is 7.36. The molecule has 0 saturated heterocycles. The molecule has 3 heterocycles. The lowest BCUT2D eigenvalue weighted by Gasteiger charge is -2.20. The summed E-state index contributed by atoms with van der Waals surface area (Å²) < 4.78 is 2.47. The van der Waals surface area contributed by atoms with E-state index in [1.165, 1.54) is 60.2 Å². The van der Waals surface area contributed by atoms with E-state index in [1.54, 1.807) is 0 Å². The van der Waals surface area contributed by atoms with E-state index < -0.39 is 0 Å². The lowest BCUT2D eigenvalue weighted by atomic mass is 9.87. The van der Waals surface area contributed by atoms with Crippen molar-refractivity contribution >= 4 is 51.2 Å². The van der Waals surface area contributed by atoms with E-state index in [0.717, 1.165) is 50.2 Å². The molecule has 0 amide bonds. The summed E-state index contributed by atoms with van der Waals surface area (Å²) in [6.07, 6.45) is 31.3. The van der Waals surface area contributed by atoms with E-state index in [4.69, 9.17) is 9.97 Å². The Morgan fingerprint density at radius 1 is 0.800 bits per heavy atom. The van der Waals surface area contributed by atoms with Crippen LogP contribution in [0, 0.1) is 0 Å². The van der Waals surface area contributed by atoms with E-state index in [1.807, 2.05) is 11.8 Å². The maximum atomic E-state index is 5.44. The van der Waals surface area contributed by atoms with Gasteiger partial charge in [0.2, 0.25) is 5.95 Å². The zero-order valence-electron chi connectivity index (χ0n) is 22.3. The maximum Gasteiger partial charge on any atom is 0.235 e. The second kappa shape index (κ2) is 8.81. The smallest absolute Gasteiger partial charge is 0.235 e. The first kappa shape index (κ1) is 22.9. The molecule has 0 N–H and O–H groups in total. The predicted molar refractivity (Wildman–Crippen MR) is 168 cm³/mol. The third-order valence-electron chi connectivity index (χ3n) is 9.12. The molecule has 4 aromatic rings. The van der Waals surface area contributed by atoms with Gasteiger partial charge in [-0.3, -0.25) is 4.57 Å². The van der Waals surface area contributed by atoms with Crippen molar-refractivity contribution in [2.24, 2.45) is 0 Å². The predicted octanol–water partition coefficient (Wildman–Crippen LogP) is 8.91. The molecule has 0 spiro atoms. The number of aromatic nitrogens is 3. The number of benzene rings is 2. The Bertz CT molecular complexity index is 1940. The molecule has 2 atom stereocenters. The van der Waals surface area contributed by atoms with Gasteiger partial charge in [0.15, 0.2) is 0 Å². The minimum atomic E-state index is 0.388. The van der Waals surface area contributed by atoms with Crippen molar-refractivity contribution in [3.8, 4) is 5.95 Å². The summed E-state index contributed by atoms with van der Waals surface area (Å²) in [4.78, 5) is 12.2. The fraction of sp³-hybridized carbons (Fsp3) is 0.222.